The molecular formula is C25H31N3O7. The smallest absolute Gasteiger partial charge is 0.410 e. The van der Waals surface area contributed by atoms with Crippen LogP contribution in [-0.2, 0) is 26.3 Å². The fourth-order valence-electron chi connectivity index (χ4n) is 5.56. The molecule has 0 radical (unpaired) electrons. The highest BCUT2D eigenvalue weighted by Gasteiger charge is 2.49. The Hall–Kier alpha value is -3.30. The Bertz CT molecular complexity index is 1120. The van der Waals surface area contributed by atoms with Gasteiger partial charge in [0.2, 0.25) is 11.8 Å². The second-order valence-electron chi connectivity index (χ2n) is 10.7. The lowest BCUT2D eigenvalue weighted by Gasteiger charge is -2.39. The maximum atomic E-state index is 13.4. The summed E-state index contributed by atoms with van der Waals surface area (Å²) >= 11 is 0. The van der Waals surface area contributed by atoms with Crippen molar-refractivity contribution in [2.45, 2.75) is 70.1 Å². The molecule has 10 nitrogen and oxygen atoms in total. The minimum Gasteiger partial charge on any atom is -0.496 e. The summed E-state index contributed by atoms with van der Waals surface area (Å²) < 4.78 is 17.4. The zero-order valence-corrected chi connectivity index (χ0v) is 20.6. The number of likely N-dealkylation sites (tertiary alicyclic amines) is 1. The first-order chi connectivity index (χ1) is 16.5. The SMILES string of the molecule is COc1cc2c(c3c1C(=O)N([C@H]1CCC(=O)NC1=O)C3)OCC21CCN(C(=O)OC(C)(C)C)CC1. The number of benzene rings is 1. The van der Waals surface area contributed by atoms with Gasteiger partial charge in [-0.05, 0) is 46.1 Å². The first-order valence-corrected chi connectivity index (χ1v) is 12.0. The Labute approximate surface area is 203 Å². The van der Waals surface area contributed by atoms with Crippen LogP contribution in [-0.4, -0.2) is 72.1 Å². The van der Waals surface area contributed by atoms with E-state index in [1.807, 2.05) is 26.8 Å². The number of nitrogens with zero attached hydrogens (tertiary/aromatic N) is 2. The number of carbonyl (C=O) groups excluding carboxylic acids is 4. The van der Waals surface area contributed by atoms with Crippen molar-refractivity contribution in [2.24, 2.45) is 0 Å². The summed E-state index contributed by atoms with van der Waals surface area (Å²) in [6, 6.07) is 1.18. The minimum atomic E-state index is -0.708. The minimum absolute atomic E-state index is 0.194. The highest BCUT2D eigenvalue weighted by Crippen LogP contribution is 2.52. The van der Waals surface area contributed by atoms with Gasteiger partial charge in [0.25, 0.3) is 5.91 Å². The fraction of sp³-hybridized carbons (Fsp3) is 0.600. The predicted octanol–water partition coefficient (Wildman–Crippen LogP) is 2.12. The summed E-state index contributed by atoms with van der Waals surface area (Å²) in [4.78, 5) is 53.2. The average molecular weight is 486 g/mol. The molecular weight excluding hydrogens is 454 g/mol. The third-order valence-corrected chi connectivity index (χ3v) is 7.39. The maximum absolute atomic E-state index is 13.4. The van der Waals surface area contributed by atoms with E-state index in [9.17, 15) is 19.2 Å². The van der Waals surface area contributed by atoms with E-state index in [1.165, 1.54) is 12.0 Å². The maximum Gasteiger partial charge on any atom is 0.410 e. The standard InChI is InChI=1S/C25H31N3O7/c1-24(2,3)35-23(32)27-9-7-25(8-10-27)13-34-20-14-12-28(16-5-6-18(29)26-21(16)30)22(31)19(14)17(33-4)11-15(20)25/h11,16H,5-10,12-13H2,1-4H3,(H,26,29,30)/t16-/m0/s1. The van der Waals surface area contributed by atoms with Gasteiger partial charge in [-0.15, -0.1) is 0 Å². The Kier molecular flexibility index (Phi) is 5.45. The van der Waals surface area contributed by atoms with E-state index in [4.69, 9.17) is 14.2 Å². The summed E-state index contributed by atoms with van der Waals surface area (Å²) in [5, 5.41) is 2.33. The van der Waals surface area contributed by atoms with Gasteiger partial charge in [-0.3, -0.25) is 19.7 Å². The van der Waals surface area contributed by atoms with Crippen LogP contribution in [0.5, 0.6) is 11.5 Å². The van der Waals surface area contributed by atoms with Gasteiger partial charge < -0.3 is 24.0 Å². The first-order valence-electron chi connectivity index (χ1n) is 12.0. The molecule has 4 amide bonds. The number of methoxy groups -OCH3 is 1. The van der Waals surface area contributed by atoms with Crippen LogP contribution in [0.15, 0.2) is 6.07 Å². The molecule has 4 aliphatic heterocycles. The molecule has 0 bridgehead atoms. The van der Waals surface area contributed by atoms with Crippen LogP contribution in [0.2, 0.25) is 0 Å². The molecule has 0 unspecified atom stereocenters. The molecule has 35 heavy (non-hydrogen) atoms. The molecule has 0 saturated carbocycles. The summed E-state index contributed by atoms with van der Waals surface area (Å²) in [6.45, 7) is 7.31. The fourth-order valence-corrected chi connectivity index (χ4v) is 5.56. The van der Waals surface area contributed by atoms with Gasteiger partial charge in [-0.2, -0.15) is 0 Å². The number of carbonyl (C=O) groups is 4. The van der Waals surface area contributed by atoms with Crippen LogP contribution in [0.3, 0.4) is 0 Å². The van der Waals surface area contributed by atoms with Crippen molar-refractivity contribution in [3.63, 3.8) is 0 Å². The van der Waals surface area contributed by atoms with Gasteiger partial charge in [0.1, 0.15) is 23.1 Å². The summed E-state index contributed by atoms with van der Waals surface area (Å²) in [6.07, 6.45) is 1.57. The topological polar surface area (TPSA) is 114 Å². The molecule has 0 aliphatic carbocycles. The number of rotatable bonds is 2. The molecule has 188 valence electrons. The Morgan fingerprint density at radius 3 is 2.54 bits per heavy atom. The van der Waals surface area contributed by atoms with Crippen molar-refractivity contribution in [2.75, 3.05) is 26.8 Å². The number of imide groups is 1. The lowest BCUT2D eigenvalue weighted by atomic mass is 9.73. The van der Waals surface area contributed by atoms with Gasteiger partial charge in [-0.25, -0.2) is 4.79 Å². The van der Waals surface area contributed by atoms with Crippen molar-refractivity contribution in [1.82, 2.24) is 15.1 Å². The van der Waals surface area contributed by atoms with Crippen LogP contribution in [0.25, 0.3) is 0 Å². The van der Waals surface area contributed by atoms with Crippen molar-refractivity contribution in [3.8, 4) is 11.5 Å². The normalized spacial score (nSPS) is 23.1. The molecule has 4 heterocycles. The first kappa shape index (κ1) is 23.4. The third-order valence-electron chi connectivity index (χ3n) is 7.39. The molecule has 4 aliphatic rings. The zero-order chi connectivity index (χ0) is 25.1. The highest BCUT2D eigenvalue weighted by atomic mass is 16.6. The van der Waals surface area contributed by atoms with Crippen molar-refractivity contribution in [3.05, 3.63) is 22.8 Å². The van der Waals surface area contributed by atoms with Gasteiger partial charge in [0.15, 0.2) is 0 Å². The van der Waals surface area contributed by atoms with E-state index in [2.05, 4.69) is 5.32 Å². The molecule has 2 saturated heterocycles. The summed E-state index contributed by atoms with van der Waals surface area (Å²) in [5.74, 6) is 0.0629. The van der Waals surface area contributed by atoms with Crippen LogP contribution < -0.4 is 14.8 Å². The summed E-state index contributed by atoms with van der Waals surface area (Å²) in [7, 11) is 1.53. The molecule has 10 heteroatoms. The number of amides is 4. The zero-order valence-electron chi connectivity index (χ0n) is 20.6. The number of piperidine rings is 2. The van der Waals surface area contributed by atoms with Gasteiger partial charge >= 0.3 is 6.09 Å². The Morgan fingerprint density at radius 1 is 1.20 bits per heavy atom. The monoisotopic (exact) mass is 485 g/mol. The summed E-state index contributed by atoms with van der Waals surface area (Å²) in [5.41, 5.74) is 1.28. The second-order valence-corrected chi connectivity index (χ2v) is 10.7. The van der Waals surface area contributed by atoms with Crippen molar-refractivity contribution < 1.29 is 33.4 Å². The largest absolute Gasteiger partial charge is 0.496 e. The number of nitrogens with one attached hydrogen (secondary N) is 1. The van der Waals surface area contributed by atoms with Crippen molar-refractivity contribution >= 4 is 23.8 Å². The number of ether oxygens (including phenoxy) is 3. The highest BCUT2D eigenvalue weighted by molar-refractivity contribution is 6.07. The van der Waals surface area contributed by atoms with E-state index >= 15 is 0 Å². The Morgan fingerprint density at radius 2 is 1.91 bits per heavy atom. The van der Waals surface area contributed by atoms with Gasteiger partial charge in [-0.1, -0.05) is 0 Å². The van der Waals surface area contributed by atoms with Crippen LogP contribution in [0, 0.1) is 0 Å². The predicted molar refractivity (Wildman–Crippen MR) is 123 cm³/mol. The lowest BCUT2D eigenvalue weighted by molar-refractivity contribution is -0.136. The number of fused-ring (bicyclic) bond motifs is 4. The van der Waals surface area contributed by atoms with Gasteiger partial charge in [0, 0.05) is 36.1 Å². The van der Waals surface area contributed by atoms with Crippen molar-refractivity contribution in [1.29, 1.82) is 0 Å². The number of hydrogen-bond acceptors (Lipinski definition) is 7. The van der Waals surface area contributed by atoms with Crippen LogP contribution >= 0.6 is 0 Å². The van der Waals surface area contributed by atoms with E-state index < -0.39 is 17.6 Å². The number of hydrogen-bond donors (Lipinski definition) is 1. The van der Waals surface area contributed by atoms with E-state index in [0.717, 1.165) is 11.1 Å². The van der Waals surface area contributed by atoms with E-state index in [-0.39, 0.29) is 36.3 Å². The molecule has 1 N–H and O–H groups in total. The molecule has 2 fully saturated rings. The molecule has 1 spiro atoms. The molecule has 5 rings (SSSR count). The second kappa shape index (κ2) is 8.13. The third kappa shape index (κ3) is 3.88. The van der Waals surface area contributed by atoms with E-state index in [1.54, 1.807) is 4.90 Å². The quantitative estimate of drug-likeness (QED) is 0.638. The molecule has 0 aromatic heterocycles. The lowest BCUT2D eigenvalue weighted by Crippen LogP contribution is -2.52. The van der Waals surface area contributed by atoms with Crippen LogP contribution in [0.1, 0.15) is 67.9 Å². The average Bonchev–Trinajstić information content (AvgIpc) is 3.31. The van der Waals surface area contributed by atoms with E-state index in [0.29, 0.717) is 56.0 Å². The molecule has 1 aromatic rings. The van der Waals surface area contributed by atoms with Gasteiger partial charge in [0.05, 0.1) is 25.8 Å². The van der Waals surface area contributed by atoms with Crippen LogP contribution in [0.4, 0.5) is 4.79 Å². The Balaban J connectivity index is 1.41. The molecule has 1 aromatic carbocycles. The molecule has 1 atom stereocenters.